The molecule has 2 aromatic carbocycles. The van der Waals surface area contributed by atoms with Gasteiger partial charge < -0.3 is 5.11 Å². The molecule has 0 saturated heterocycles. The number of hydrogen-bond acceptors (Lipinski definition) is 2. The molecule has 0 aromatic heterocycles. The van der Waals surface area contributed by atoms with Crippen LogP contribution >= 0.6 is 0 Å². The summed E-state index contributed by atoms with van der Waals surface area (Å²) < 4.78 is 0. The number of ketones is 1. The van der Waals surface area contributed by atoms with Crippen molar-refractivity contribution < 1.29 is 44.3 Å². The van der Waals surface area contributed by atoms with Crippen molar-refractivity contribution in [2.45, 2.75) is 12.8 Å². The first kappa shape index (κ1) is 16.6. The van der Waals surface area contributed by atoms with Crippen LogP contribution in [-0.2, 0) is 4.79 Å². The number of carbonyl (C=O) groups is 2. The van der Waals surface area contributed by atoms with E-state index < -0.39 is 11.9 Å². The Kier molecular flexibility index (Phi) is 6.14. The van der Waals surface area contributed by atoms with E-state index in [-0.39, 0.29) is 35.3 Å². The fourth-order valence-electron chi connectivity index (χ4n) is 1.85. The van der Waals surface area contributed by atoms with Gasteiger partial charge in [-0.3, -0.25) is 9.59 Å². The van der Waals surface area contributed by atoms with Gasteiger partial charge >= 0.3 is 35.5 Å². The van der Waals surface area contributed by atoms with Crippen molar-refractivity contribution in [2.75, 3.05) is 0 Å². The third-order valence-electron chi connectivity index (χ3n) is 3.06. The van der Waals surface area contributed by atoms with Crippen molar-refractivity contribution in [3.05, 3.63) is 71.3 Å². The summed E-state index contributed by atoms with van der Waals surface area (Å²) in [6.45, 7) is 1.61. The number of benzene rings is 2. The van der Waals surface area contributed by atoms with Gasteiger partial charge in [0, 0.05) is 11.1 Å². The Balaban J connectivity index is 0.00000200. The second-order valence-corrected chi connectivity index (χ2v) is 4.38. The summed E-state index contributed by atoms with van der Waals surface area (Å²) in [6.07, 6.45) is 0. The van der Waals surface area contributed by atoms with Gasteiger partial charge in [-0.15, -0.1) is 0 Å². The predicted octanol–water partition coefficient (Wildman–Crippen LogP) is 0.110. The standard InChI is InChI=1S/C16H14O3.Na/c1-11(16(18)19)13-8-5-9-14(10-13)15(17)12-6-3-2-4-7-12;/h2-11H,1H3,(H,18,19);/q;+1. The molecule has 0 saturated carbocycles. The van der Waals surface area contributed by atoms with E-state index in [0.29, 0.717) is 16.7 Å². The second kappa shape index (κ2) is 7.39. The maximum absolute atomic E-state index is 12.2. The summed E-state index contributed by atoms with van der Waals surface area (Å²) in [5.41, 5.74) is 1.74. The summed E-state index contributed by atoms with van der Waals surface area (Å²) in [5.74, 6) is -1.62. The number of carbonyl (C=O) groups excluding carboxylic acids is 1. The van der Waals surface area contributed by atoms with Crippen LogP contribution in [0.3, 0.4) is 0 Å². The molecule has 3 nitrogen and oxygen atoms in total. The van der Waals surface area contributed by atoms with Crippen LogP contribution in [0.1, 0.15) is 34.3 Å². The van der Waals surface area contributed by atoms with Crippen LogP contribution in [-0.4, -0.2) is 16.9 Å². The summed E-state index contributed by atoms with van der Waals surface area (Å²) in [4.78, 5) is 23.2. The predicted molar refractivity (Wildman–Crippen MR) is 72.4 cm³/mol. The van der Waals surface area contributed by atoms with Crippen molar-refractivity contribution in [3.8, 4) is 0 Å². The van der Waals surface area contributed by atoms with Crippen LogP contribution in [0.5, 0.6) is 0 Å². The normalized spacial score (nSPS) is 11.2. The van der Waals surface area contributed by atoms with Crippen LogP contribution < -0.4 is 29.6 Å². The Hall–Kier alpha value is -1.42. The molecular formula is C16H14NaO3+. The van der Waals surface area contributed by atoms with Gasteiger partial charge in [-0.05, 0) is 18.6 Å². The molecule has 0 aliphatic rings. The molecular weight excluding hydrogens is 263 g/mol. The quantitative estimate of drug-likeness (QED) is 0.637. The average molecular weight is 277 g/mol. The average Bonchev–Trinajstić information content (AvgIpc) is 2.46. The van der Waals surface area contributed by atoms with Crippen molar-refractivity contribution in [3.63, 3.8) is 0 Å². The topological polar surface area (TPSA) is 54.4 Å². The largest absolute Gasteiger partial charge is 1.00 e. The van der Waals surface area contributed by atoms with Crippen LogP contribution in [0.25, 0.3) is 0 Å². The van der Waals surface area contributed by atoms with E-state index in [2.05, 4.69) is 0 Å². The van der Waals surface area contributed by atoms with Gasteiger partial charge in [-0.25, -0.2) is 0 Å². The zero-order valence-electron chi connectivity index (χ0n) is 11.5. The number of rotatable bonds is 4. The van der Waals surface area contributed by atoms with E-state index >= 15 is 0 Å². The van der Waals surface area contributed by atoms with Crippen LogP contribution in [0.15, 0.2) is 54.6 Å². The van der Waals surface area contributed by atoms with E-state index in [1.54, 1.807) is 55.5 Å². The first-order chi connectivity index (χ1) is 9.09. The molecule has 2 rings (SSSR count). The summed E-state index contributed by atoms with van der Waals surface area (Å²) in [7, 11) is 0. The molecule has 0 bridgehead atoms. The minimum atomic E-state index is -0.899. The van der Waals surface area contributed by atoms with Crippen molar-refractivity contribution in [2.24, 2.45) is 0 Å². The van der Waals surface area contributed by atoms with Gasteiger partial charge in [-0.2, -0.15) is 0 Å². The molecule has 1 N–H and O–H groups in total. The zero-order valence-corrected chi connectivity index (χ0v) is 13.5. The molecule has 20 heavy (non-hydrogen) atoms. The third-order valence-corrected chi connectivity index (χ3v) is 3.06. The van der Waals surface area contributed by atoms with Crippen molar-refractivity contribution in [1.82, 2.24) is 0 Å². The molecule has 0 radical (unpaired) electrons. The van der Waals surface area contributed by atoms with Crippen molar-refractivity contribution >= 4 is 11.8 Å². The smallest absolute Gasteiger partial charge is 0.481 e. The van der Waals surface area contributed by atoms with E-state index in [1.807, 2.05) is 6.07 Å². The molecule has 96 valence electrons. The Morgan fingerprint density at radius 2 is 1.55 bits per heavy atom. The molecule has 0 aliphatic heterocycles. The molecule has 0 aliphatic carbocycles. The summed E-state index contributed by atoms with van der Waals surface area (Å²) in [5, 5.41) is 9.00. The molecule has 1 atom stereocenters. The summed E-state index contributed by atoms with van der Waals surface area (Å²) >= 11 is 0. The SMILES string of the molecule is CC(C(=O)O)c1cccc(C(=O)c2ccccc2)c1.[Na+]. The van der Waals surface area contributed by atoms with Crippen molar-refractivity contribution in [1.29, 1.82) is 0 Å². The Bertz CT molecular complexity index is 608. The van der Waals surface area contributed by atoms with Gasteiger partial charge in [0.1, 0.15) is 0 Å². The number of carboxylic acid groups (broad SMARTS) is 1. The third kappa shape index (κ3) is 3.79. The Morgan fingerprint density at radius 3 is 2.15 bits per heavy atom. The van der Waals surface area contributed by atoms with E-state index in [4.69, 9.17) is 5.11 Å². The first-order valence-corrected chi connectivity index (χ1v) is 6.02. The summed E-state index contributed by atoms with van der Waals surface area (Å²) in [6, 6.07) is 15.7. The number of aliphatic carboxylic acids is 1. The van der Waals surface area contributed by atoms with Gasteiger partial charge in [0.05, 0.1) is 5.92 Å². The maximum atomic E-state index is 12.2. The molecule has 2 aromatic rings. The second-order valence-electron chi connectivity index (χ2n) is 4.38. The van der Waals surface area contributed by atoms with Crippen LogP contribution in [0.4, 0.5) is 0 Å². The minimum Gasteiger partial charge on any atom is -0.481 e. The van der Waals surface area contributed by atoms with Gasteiger partial charge in [0.2, 0.25) is 0 Å². The monoisotopic (exact) mass is 277 g/mol. The fourth-order valence-corrected chi connectivity index (χ4v) is 1.85. The van der Waals surface area contributed by atoms with E-state index in [9.17, 15) is 9.59 Å². The molecule has 1 unspecified atom stereocenters. The minimum absolute atomic E-state index is 0. The maximum Gasteiger partial charge on any atom is 1.00 e. The van der Waals surface area contributed by atoms with E-state index in [0.717, 1.165) is 0 Å². The van der Waals surface area contributed by atoms with Gasteiger partial charge in [-0.1, -0.05) is 48.5 Å². The molecule has 4 heteroatoms. The molecule has 0 fully saturated rings. The Labute approximate surface area is 139 Å². The molecule has 0 spiro atoms. The Morgan fingerprint density at radius 1 is 0.950 bits per heavy atom. The fraction of sp³-hybridized carbons (Fsp3) is 0.125. The zero-order chi connectivity index (χ0) is 13.8. The van der Waals surface area contributed by atoms with Crippen LogP contribution in [0, 0.1) is 0 Å². The number of hydrogen-bond donors (Lipinski definition) is 1. The number of carboxylic acids is 1. The van der Waals surface area contributed by atoms with Crippen LogP contribution in [0.2, 0.25) is 0 Å². The molecule has 0 amide bonds. The van der Waals surface area contributed by atoms with E-state index in [1.165, 1.54) is 0 Å². The molecule has 0 heterocycles. The van der Waals surface area contributed by atoms with Gasteiger partial charge in [0.25, 0.3) is 0 Å². The van der Waals surface area contributed by atoms with Gasteiger partial charge in [0.15, 0.2) is 5.78 Å². The first-order valence-electron chi connectivity index (χ1n) is 6.02.